The fourth-order valence-corrected chi connectivity index (χ4v) is 4.02. The first kappa shape index (κ1) is 18.2. The van der Waals surface area contributed by atoms with Crippen LogP contribution in [0.1, 0.15) is 57.8 Å². The molecule has 0 spiro atoms. The Morgan fingerprint density at radius 1 is 0.920 bits per heavy atom. The smallest absolute Gasteiger partial charge is 0.227 e. The van der Waals surface area contributed by atoms with E-state index in [0.29, 0.717) is 26.1 Å². The number of nitrogens with one attached hydrogen (secondary N) is 2. The molecule has 1 heterocycles. The first-order valence-corrected chi connectivity index (χ1v) is 9.66. The van der Waals surface area contributed by atoms with Crippen molar-refractivity contribution >= 4 is 11.8 Å². The zero-order chi connectivity index (χ0) is 17.5. The molecule has 0 radical (unpaired) electrons. The van der Waals surface area contributed by atoms with Crippen LogP contribution in [0, 0.1) is 5.41 Å². The van der Waals surface area contributed by atoms with Gasteiger partial charge in [0.1, 0.15) is 0 Å². The van der Waals surface area contributed by atoms with Gasteiger partial charge >= 0.3 is 0 Å². The number of carbonyl (C=O) groups is 2. The molecule has 2 N–H and O–H groups in total. The van der Waals surface area contributed by atoms with Gasteiger partial charge in [-0.1, -0.05) is 24.3 Å². The van der Waals surface area contributed by atoms with E-state index in [0.717, 1.165) is 38.5 Å². The molecule has 2 amide bonds. The maximum atomic E-state index is 13.0. The molecule has 5 nitrogen and oxygen atoms in total. The summed E-state index contributed by atoms with van der Waals surface area (Å²) in [6, 6.07) is 0.407. The fourth-order valence-electron chi connectivity index (χ4n) is 4.02. The lowest BCUT2D eigenvalue weighted by molar-refractivity contribution is -0.143. The average Bonchev–Trinajstić information content (AvgIpc) is 2.64. The summed E-state index contributed by atoms with van der Waals surface area (Å²) in [4.78, 5) is 25.6. The van der Waals surface area contributed by atoms with Gasteiger partial charge in [0, 0.05) is 31.7 Å². The van der Waals surface area contributed by atoms with Crippen LogP contribution in [0.2, 0.25) is 0 Å². The third-order valence-corrected chi connectivity index (χ3v) is 5.67. The van der Waals surface area contributed by atoms with Gasteiger partial charge in [0.15, 0.2) is 0 Å². The quantitative estimate of drug-likeness (QED) is 0.752. The summed E-state index contributed by atoms with van der Waals surface area (Å²) in [6.07, 6.45) is 15.9. The molecule has 0 aromatic rings. The molecule has 0 aromatic heterocycles. The second-order valence-electron chi connectivity index (χ2n) is 7.57. The Morgan fingerprint density at radius 3 is 2.08 bits per heavy atom. The van der Waals surface area contributed by atoms with Crippen molar-refractivity contribution in [2.45, 2.75) is 69.9 Å². The van der Waals surface area contributed by atoms with E-state index in [9.17, 15) is 9.59 Å². The van der Waals surface area contributed by atoms with E-state index in [2.05, 4.69) is 34.9 Å². The van der Waals surface area contributed by atoms with Crippen molar-refractivity contribution in [2.75, 3.05) is 13.2 Å². The second kappa shape index (κ2) is 8.65. The summed E-state index contributed by atoms with van der Waals surface area (Å²) in [7, 11) is 0. The summed E-state index contributed by atoms with van der Waals surface area (Å²) >= 11 is 0. The second-order valence-corrected chi connectivity index (χ2v) is 7.57. The predicted molar refractivity (Wildman–Crippen MR) is 96.9 cm³/mol. The van der Waals surface area contributed by atoms with Crippen LogP contribution in [-0.2, 0) is 14.3 Å². The van der Waals surface area contributed by atoms with Crippen molar-refractivity contribution in [3.63, 3.8) is 0 Å². The van der Waals surface area contributed by atoms with Crippen LogP contribution in [-0.4, -0.2) is 37.1 Å². The number of amides is 2. The van der Waals surface area contributed by atoms with Crippen LogP contribution >= 0.6 is 0 Å². The Bertz CT molecular complexity index is 535. The van der Waals surface area contributed by atoms with Gasteiger partial charge in [-0.15, -0.1) is 0 Å². The summed E-state index contributed by atoms with van der Waals surface area (Å²) in [6.45, 7) is 1.11. The van der Waals surface area contributed by atoms with Gasteiger partial charge in [0.2, 0.25) is 11.8 Å². The lowest BCUT2D eigenvalue weighted by atomic mass is 9.75. The van der Waals surface area contributed by atoms with E-state index in [1.807, 2.05) is 0 Å². The minimum atomic E-state index is -0.617. The number of carbonyl (C=O) groups excluding carboxylic acids is 2. The number of hydrogen-bond acceptors (Lipinski definition) is 3. The van der Waals surface area contributed by atoms with Gasteiger partial charge in [-0.05, 0) is 51.4 Å². The van der Waals surface area contributed by atoms with Crippen molar-refractivity contribution in [3.8, 4) is 0 Å². The molecule has 0 aromatic carbocycles. The zero-order valence-corrected chi connectivity index (χ0v) is 15.0. The minimum Gasteiger partial charge on any atom is -0.381 e. The van der Waals surface area contributed by atoms with Crippen molar-refractivity contribution in [3.05, 3.63) is 24.3 Å². The maximum Gasteiger partial charge on any atom is 0.227 e. The molecular formula is C20H30N2O3. The first-order valence-electron chi connectivity index (χ1n) is 9.66. The van der Waals surface area contributed by atoms with Gasteiger partial charge in [-0.2, -0.15) is 0 Å². The van der Waals surface area contributed by atoms with Crippen LogP contribution in [0.15, 0.2) is 24.3 Å². The minimum absolute atomic E-state index is 0.000824. The maximum absolute atomic E-state index is 13.0. The van der Waals surface area contributed by atoms with E-state index in [4.69, 9.17) is 4.74 Å². The van der Waals surface area contributed by atoms with Crippen molar-refractivity contribution in [1.29, 1.82) is 0 Å². The molecule has 0 saturated carbocycles. The van der Waals surface area contributed by atoms with Crippen LogP contribution in [0.4, 0.5) is 0 Å². The largest absolute Gasteiger partial charge is 0.381 e. The van der Waals surface area contributed by atoms with Crippen molar-refractivity contribution in [1.82, 2.24) is 10.6 Å². The van der Waals surface area contributed by atoms with E-state index < -0.39 is 5.41 Å². The number of hydrogen-bond donors (Lipinski definition) is 2. The van der Waals surface area contributed by atoms with E-state index >= 15 is 0 Å². The Morgan fingerprint density at radius 2 is 1.52 bits per heavy atom. The normalized spacial score (nSPS) is 28.3. The third-order valence-electron chi connectivity index (χ3n) is 5.67. The molecule has 138 valence electrons. The standard InChI is InChI=1S/C20H30N2O3/c23-18(21-16-7-3-1-4-8-16)15-20(11-13-25-14-12-20)19(24)22-17-9-5-2-6-10-17/h1-3,5,16-17H,4,6-15H2,(H,21,23)(H,22,24)/t16-,17-/m1/s1. The topological polar surface area (TPSA) is 67.4 Å². The summed E-state index contributed by atoms with van der Waals surface area (Å²) in [5.74, 6) is 0.0377. The van der Waals surface area contributed by atoms with Gasteiger partial charge in [-0.3, -0.25) is 9.59 Å². The van der Waals surface area contributed by atoms with Crippen LogP contribution in [0.5, 0.6) is 0 Å². The van der Waals surface area contributed by atoms with E-state index in [1.165, 1.54) is 0 Å². The van der Waals surface area contributed by atoms with Crippen LogP contribution in [0.25, 0.3) is 0 Å². The Balaban J connectivity index is 1.60. The number of ether oxygens (including phenoxy) is 1. The monoisotopic (exact) mass is 346 g/mol. The summed E-state index contributed by atoms with van der Waals surface area (Å²) < 4.78 is 5.46. The highest BCUT2D eigenvalue weighted by Crippen LogP contribution is 2.35. The van der Waals surface area contributed by atoms with Crippen molar-refractivity contribution < 1.29 is 14.3 Å². The molecule has 0 unspecified atom stereocenters. The molecule has 2 atom stereocenters. The Hall–Kier alpha value is -1.62. The Labute approximate surface area is 150 Å². The first-order chi connectivity index (χ1) is 12.2. The number of allylic oxidation sites excluding steroid dienone is 2. The molecule has 3 aliphatic rings. The summed E-state index contributed by atoms with van der Waals surface area (Å²) in [5.41, 5.74) is -0.617. The van der Waals surface area contributed by atoms with E-state index in [1.54, 1.807) is 0 Å². The zero-order valence-electron chi connectivity index (χ0n) is 15.0. The van der Waals surface area contributed by atoms with Gasteiger partial charge < -0.3 is 15.4 Å². The molecule has 1 fully saturated rings. The molecule has 0 bridgehead atoms. The van der Waals surface area contributed by atoms with Crippen LogP contribution < -0.4 is 10.6 Å². The molecule has 1 saturated heterocycles. The lowest BCUT2D eigenvalue weighted by Gasteiger charge is -2.37. The van der Waals surface area contributed by atoms with Gasteiger partial charge in [0.25, 0.3) is 0 Å². The summed E-state index contributed by atoms with van der Waals surface area (Å²) in [5, 5.41) is 6.33. The molecular weight excluding hydrogens is 316 g/mol. The molecule has 2 aliphatic carbocycles. The highest BCUT2D eigenvalue weighted by Gasteiger charge is 2.42. The average molecular weight is 346 g/mol. The highest BCUT2D eigenvalue weighted by molar-refractivity contribution is 5.89. The number of rotatable bonds is 5. The fraction of sp³-hybridized carbons (Fsp3) is 0.700. The van der Waals surface area contributed by atoms with E-state index in [-0.39, 0.29) is 30.3 Å². The van der Waals surface area contributed by atoms with Gasteiger partial charge in [0.05, 0.1) is 5.41 Å². The highest BCUT2D eigenvalue weighted by atomic mass is 16.5. The molecule has 5 heteroatoms. The molecule has 25 heavy (non-hydrogen) atoms. The van der Waals surface area contributed by atoms with Crippen LogP contribution in [0.3, 0.4) is 0 Å². The molecule has 1 aliphatic heterocycles. The molecule has 3 rings (SSSR count). The lowest BCUT2D eigenvalue weighted by Crippen LogP contribution is -2.51. The van der Waals surface area contributed by atoms with Crippen molar-refractivity contribution in [2.24, 2.45) is 5.41 Å². The third kappa shape index (κ3) is 4.94. The predicted octanol–water partition coefficient (Wildman–Crippen LogP) is 2.62. The SMILES string of the molecule is O=C(CC1(C(=O)N[C@@H]2CC=CCC2)CCOCC1)N[C@@H]1CC=CCC1. The van der Waals surface area contributed by atoms with Gasteiger partial charge in [-0.25, -0.2) is 0 Å². The Kier molecular flexibility index (Phi) is 6.29.